The third kappa shape index (κ3) is 5.51. The maximum absolute atomic E-state index is 6.50. The molecule has 0 aliphatic rings. The second kappa shape index (κ2) is 12.1. The molecule has 0 unspecified atom stereocenters. The Morgan fingerprint density at radius 3 is 2.29 bits per heavy atom. The molecule has 7 rings (SSSR count). The molecule has 7 aromatic rings. The Hall–Kier alpha value is -5.16. The van der Waals surface area contributed by atoms with Crippen LogP contribution in [0.15, 0.2) is 116 Å². The monoisotopic (exact) mass is 590 g/mol. The Labute approximate surface area is 264 Å². The summed E-state index contributed by atoms with van der Waals surface area (Å²) in [6.07, 6.45) is 9.00. The predicted molar refractivity (Wildman–Crippen MR) is 185 cm³/mol. The van der Waals surface area contributed by atoms with Crippen LogP contribution in [0.25, 0.3) is 44.4 Å². The van der Waals surface area contributed by atoms with Gasteiger partial charge in [0.1, 0.15) is 17.3 Å². The minimum Gasteiger partial charge on any atom is -0.457 e. The quantitative estimate of drug-likeness (QED) is 0.168. The summed E-state index contributed by atoms with van der Waals surface area (Å²) < 4.78 is 10.7. The number of pyridine rings is 1. The first-order valence-corrected chi connectivity index (χ1v) is 15.9. The van der Waals surface area contributed by atoms with E-state index in [1.165, 1.54) is 33.0 Å². The van der Waals surface area contributed by atoms with Crippen molar-refractivity contribution in [2.45, 2.75) is 47.0 Å². The van der Waals surface area contributed by atoms with E-state index in [4.69, 9.17) is 14.8 Å². The van der Waals surface area contributed by atoms with Crippen molar-refractivity contribution in [1.82, 2.24) is 19.3 Å². The van der Waals surface area contributed by atoms with E-state index < -0.39 is 0 Å². The molecule has 0 spiro atoms. The topological polar surface area (TPSA) is 44.9 Å². The van der Waals surface area contributed by atoms with Crippen molar-refractivity contribution in [3.05, 3.63) is 132 Å². The van der Waals surface area contributed by atoms with Gasteiger partial charge in [-0.3, -0.25) is 4.57 Å². The summed E-state index contributed by atoms with van der Waals surface area (Å²) in [6.45, 7) is 8.91. The SMILES string of the molecule is CCc1cccc(CC)c1-c1cnn(-c2cccc(Oc3ccc4c5ccccc5n(-c5cc(CC(C)C)ccn5)c4c3)c2)c1. The first-order valence-electron chi connectivity index (χ1n) is 15.9. The van der Waals surface area contributed by atoms with Crippen LogP contribution in [0, 0.1) is 5.92 Å². The summed E-state index contributed by atoms with van der Waals surface area (Å²) >= 11 is 0. The van der Waals surface area contributed by atoms with Gasteiger partial charge in [0.05, 0.1) is 22.9 Å². The molecule has 0 amide bonds. The van der Waals surface area contributed by atoms with Crippen LogP contribution in [0.5, 0.6) is 11.5 Å². The fraction of sp³-hybridized carbons (Fsp3) is 0.200. The van der Waals surface area contributed by atoms with E-state index in [9.17, 15) is 0 Å². The van der Waals surface area contributed by atoms with E-state index in [1.807, 2.05) is 41.3 Å². The van der Waals surface area contributed by atoms with Crippen LogP contribution in [-0.4, -0.2) is 19.3 Å². The Morgan fingerprint density at radius 1 is 0.733 bits per heavy atom. The molecule has 0 radical (unpaired) electrons. The number of benzene rings is 4. The number of aromatic nitrogens is 4. The lowest BCUT2D eigenvalue weighted by Gasteiger charge is -2.12. The Balaban J connectivity index is 1.24. The lowest BCUT2D eigenvalue weighted by molar-refractivity contribution is 0.483. The van der Waals surface area contributed by atoms with Crippen LogP contribution in [0.3, 0.4) is 0 Å². The van der Waals surface area contributed by atoms with Crippen LogP contribution >= 0.6 is 0 Å². The summed E-state index contributed by atoms with van der Waals surface area (Å²) in [4.78, 5) is 4.81. The van der Waals surface area contributed by atoms with Crippen LogP contribution < -0.4 is 4.74 Å². The largest absolute Gasteiger partial charge is 0.457 e. The van der Waals surface area contributed by atoms with Crippen molar-refractivity contribution in [2.24, 2.45) is 5.92 Å². The average molecular weight is 591 g/mol. The lowest BCUT2D eigenvalue weighted by Crippen LogP contribution is -2.01. The van der Waals surface area contributed by atoms with Gasteiger partial charge in [-0.2, -0.15) is 5.10 Å². The van der Waals surface area contributed by atoms with Crippen LogP contribution in [0.4, 0.5) is 0 Å². The fourth-order valence-electron chi connectivity index (χ4n) is 6.47. The first kappa shape index (κ1) is 28.6. The second-order valence-electron chi connectivity index (χ2n) is 12.1. The highest BCUT2D eigenvalue weighted by molar-refractivity contribution is 6.09. The van der Waals surface area contributed by atoms with Gasteiger partial charge in [0.2, 0.25) is 0 Å². The molecule has 0 aliphatic carbocycles. The van der Waals surface area contributed by atoms with Crippen molar-refractivity contribution in [2.75, 3.05) is 0 Å². The van der Waals surface area contributed by atoms with Gasteiger partial charge in [-0.15, -0.1) is 0 Å². The second-order valence-corrected chi connectivity index (χ2v) is 12.1. The third-order valence-corrected chi connectivity index (χ3v) is 8.52. The highest BCUT2D eigenvalue weighted by Gasteiger charge is 2.16. The molecule has 4 aromatic carbocycles. The summed E-state index contributed by atoms with van der Waals surface area (Å²) in [5.41, 5.74) is 9.57. The first-order chi connectivity index (χ1) is 22.0. The molecule has 45 heavy (non-hydrogen) atoms. The van der Waals surface area contributed by atoms with E-state index in [0.717, 1.165) is 58.9 Å². The molecule has 0 fully saturated rings. The molecule has 0 bridgehead atoms. The van der Waals surface area contributed by atoms with E-state index in [2.05, 4.69) is 111 Å². The molecule has 224 valence electrons. The molecule has 0 atom stereocenters. The van der Waals surface area contributed by atoms with Crippen LogP contribution in [0.2, 0.25) is 0 Å². The van der Waals surface area contributed by atoms with E-state index >= 15 is 0 Å². The van der Waals surface area contributed by atoms with Gasteiger partial charge in [-0.1, -0.05) is 70.2 Å². The zero-order valence-electron chi connectivity index (χ0n) is 26.4. The van der Waals surface area contributed by atoms with Gasteiger partial charge >= 0.3 is 0 Å². The fourth-order valence-corrected chi connectivity index (χ4v) is 6.47. The molecule has 0 N–H and O–H groups in total. The molecular weight excluding hydrogens is 552 g/mol. The predicted octanol–water partition coefficient (Wildman–Crippen LogP) is 10.1. The van der Waals surface area contributed by atoms with E-state index in [-0.39, 0.29) is 0 Å². The van der Waals surface area contributed by atoms with Gasteiger partial charge in [-0.05, 0) is 89.9 Å². The number of fused-ring (bicyclic) bond motifs is 3. The smallest absolute Gasteiger partial charge is 0.137 e. The lowest BCUT2D eigenvalue weighted by atomic mass is 9.94. The Kier molecular flexibility index (Phi) is 7.68. The molecule has 3 aromatic heterocycles. The normalized spacial score (nSPS) is 11.6. The van der Waals surface area contributed by atoms with Crippen LogP contribution in [-0.2, 0) is 19.3 Å². The average Bonchev–Trinajstić information content (AvgIpc) is 3.67. The molecule has 5 heteroatoms. The number of ether oxygens (including phenoxy) is 1. The number of hydrogen-bond donors (Lipinski definition) is 0. The van der Waals surface area contributed by atoms with Crippen LogP contribution in [0.1, 0.15) is 44.4 Å². The molecule has 0 saturated carbocycles. The Morgan fingerprint density at radius 2 is 1.49 bits per heavy atom. The van der Waals surface area contributed by atoms with Crippen molar-refractivity contribution in [1.29, 1.82) is 0 Å². The van der Waals surface area contributed by atoms with Gasteiger partial charge in [-0.25, -0.2) is 9.67 Å². The van der Waals surface area contributed by atoms with Crippen molar-refractivity contribution in [3.8, 4) is 34.1 Å². The number of rotatable bonds is 9. The zero-order chi connectivity index (χ0) is 30.9. The number of nitrogens with zero attached hydrogens (tertiary/aromatic N) is 4. The minimum absolute atomic E-state index is 0.573. The third-order valence-electron chi connectivity index (χ3n) is 8.52. The zero-order valence-corrected chi connectivity index (χ0v) is 26.4. The van der Waals surface area contributed by atoms with Gasteiger partial charge < -0.3 is 4.74 Å². The van der Waals surface area contributed by atoms with E-state index in [0.29, 0.717) is 5.92 Å². The molecule has 3 heterocycles. The van der Waals surface area contributed by atoms with Crippen molar-refractivity contribution >= 4 is 21.8 Å². The van der Waals surface area contributed by atoms with Crippen molar-refractivity contribution in [3.63, 3.8) is 0 Å². The standard InChI is InChI=1S/C40H38N4O/c1-5-29-11-9-12-30(6-2)40(29)31-25-42-43(26-31)32-13-10-14-33(23-32)45-34-17-18-36-35-15-7-8-16-37(35)44(38(36)24-34)39-22-28(19-20-41-39)21-27(3)4/h7-20,22-27H,5-6,21H2,1-4H3. The summed E-state index contributed by atoms with van der Waals surface area (Å²) in [7, 11) is 0. The van der Waals surface area contributed by atoms with E-state index in [1.54, 1.807) is 0 Å². The number of hydrogen-bond acceptors (Lipinski definition) is 3. The summed E-state index contributed by atoms with van der Waals surface area (Å²) in [5.74, 6) is 3.02. The highest BCUT2D eigenvalue weighted by Crippen LogP contribution is 2.36. The number of para-hydroxylation sites is 1. The molecular formula is C40H38N4O. The molecule has 0 aliphatic heterocycles. The van der Waals surface area contributed by atoms with Gasteiger partial charge in [0, 0.05) is 40.9 Å². The Bertz CT molecular complexity index is 2110. The maximum Gasteiger partial charge on any atom is 0.137 e. The van der Waals surface area contributed by atoms with Crippen molar-refractivity contribution < 1.29 is 4.74 Å². The molecule has 5 nitrogen and oxygen atoms in total. The minimum atomic E-state index is 0.573. The number of aryl methyl sites for hydroxylation is 2. The van der Waals surface area contributed by atoms with Gasteiger partial charge in [0.25, 0.3) is 0 Å². The summed E-state index contributed by atoms with van der Waals surface area (Å²) in [6, 6.07) is 33.9. The summed E-state index contributed by atoms with van der Waals surface area (Å²) in [5, 5.41) is 7.12. The van der Waals surface area contributed by atoms with Gasteiger partial charge in [0.15, 0.2) is 0 Å². The molecule has 0 saturated heterocycles. The highest BCUT2D eigenvalue weighted by atomic mass is 16.5. The maximum atomic E-state index is 6.50.